The van der Waals surface area contributed by atoms with Crippen molar-refractivity contribution in [3.8, 4) is 11.8 Å². The summed E-state index contributed by atoms with van der Waals surface area (Å²) in [5, 5.41) is 18.4. The van der Waals surface area contributed by atoms with Gasteiger partial charge in [-0.25, -0.2) is 0 Å². The van der Waals surface area contributed by atoms with E-state index in [0.29, 0.717) is 5.92 Å². The molecule has 2 heteroatoms. The van der Waals surface area contributed by atoms with Gasteiger partial charge in [-0.3, -0.25) is 0 Å². The first-order valence-electron chi connectivity index (χ1n) is 4.57. The highest BCUT2D eigenvalue weighted by atomic mass is 16.3. The lowest BCUT2D eigenvalue weighted by Gasteiger charge is -2.10. The quantitative estimate of drug-likeness (QED) is 0.572. The third-order valence-corrected chi connectivity index (χ3v) is 2.29. The maximum Gasteiger partial charge on any atom is 0.117 e. The highest BCUT2D eigenvalue weighted by Gasteiger charge is 2.21. The molecule has 1 fully saturated rings. The normalized spacial score (nSPS) is 22.9. The summed E-state index contributed by atoms with van der Waals surface area (Å²) in [5.74, 6) is 5.60. The molecular formula is C10H16O2. The van der Waals surface area contributed by atoms with Gasteiger partial charge in [-0.1, -0.05) is 24.7 Å². The summed E-state index contributed by atoms with van der Waals surface area (Å²) < 4.78 is 0. The average molecular weight is 168 g/mol. The Hall–Kier alpha value is -0.520. The van der Waals surface area contributed by atoms with Gasteiger partial charge in [0.05, 0.1) is 0 Å². The van der Waals surface area contributed by atoms with Gasteiger partial charge in [0.25, 0.3) is 0 Å². The zero-order valence-electron chi connectivity index (χ0n) is 7.45. The van der Waals surface area contributed by atoms with Crippen LogP contribution in [0.4, 0.5) is 0 Å². The van der Waals surface area contributed by atoms with E-state index in [4.69, 9.17) is 5.11 Å². The Labute approximate surface area is 73.6 Å². The van der Waals surface area contributed by atoms with Crippen LogP contribution < -0.4 is 0 Å². The van der Waals surface area contributed by atoms with Gasteiger partial charge < -0.3 is 10.2 Å². The molecule has 0 aliphatic heterocycles. The van der Waals surface area contributed by atoms with Gasteiger partial charge in [0, 0.05) is 0 Å². The molecule has 68 valence electrons. The van der Waals surface area contributed by atoms with Crippen molar-refractivity contribution in [2.75, 3.05) is 0 Å². The lowest BCUT2D eigenvalue weighted by Crippen LogP contribution is -2.15. The Kier molecular flexibility index (Phi) is 3.58. The Balaban J connectivity index is 2.37. The van der Waals surface area contributed by atoms with E-state index in [2.05, 4.69) is 11.8 Å². The SMILES string of the molecule is CC(O)C#CC(O)C1CCCC1. The van der Waals surface area contributed by atoms with Crippen molar-refractivity contribution in [1.29, 1.82) is 0 Å². The summed E-state index contributed by atoms with van der Waals surface area (Å²) in [6.45, 7) is 1.61. The van der Waals surface area contributed by atoms with Crippen LogP contribution in [-0.2, 0) is 0 Å². The van der Waals surface area contributed by atoms with Crippen LogP contribution in [0.25, 0.3) is 0 Å². The third kappa shape index (κ3) is 2.84. The summed E-state index contributed by atoms with van der Waals surface area (Å²) in [4.78, 5) is 0. The van der Waals surface area contributed by atoms with Crippen molar-refractivity contribution in [3.05, 3.63) is 0 Å². The summed E-state index contributed by atoms with van der Waals surface area (Å²) in [5.41, 5.74) is 0. The van der Waals surface area contributed by atoms with E-state index < -0.39 is 12.2 Å². The Bertz CT molecular complexity index is 182. The van der Waals surface area contributed by atoms with E-state index >= 15 is 0 Å². The molecule has 0 heterocycles. The smallest absolute Gasteiger partial charge is 0.117 e. The van der Waals surface area contributed by atoms with Crippen LogP contribution in [0, 0.1) is 17.8 Å². The van der Waals surface area contributed by atoms with Crippen LogP contribution in [0.2, 0.25) is 0 Å². The molecule has 0 aromatic heterocycles. The van der Waals surface area contributed by atoms with Crippen LogP contribution in [0.15, 0.2) is 0 Å². The fourth-order valence-corrected chi connectivity index (χ4v) is 1.60. The molecule has 2 atom stereocenters. The molecule has 0 bridgehead atoms. The monoisotopic (exact) mass is 168 g/mol. The predicted octanol–water partition coefficient (Wildman–Crippen LogP) is 0.922. The molecule has 2 N–H and O–H groups in total. The second-order valence-corrected chi connectivity index (χ2v) is 3.45. The van der Waals surface area contributed by atoms with E-state index in [1.807, 2.05) is 0 Å². The van der Waals surface area contributed by atoms with Gasteiger partial charge in [-0.15, -0.1) is 0 Å². The topological polar surface area (TPSA) is 40.5 Å². The molecule has 1 saturated carbocycles. The molecule has 0 aromatic rings. The lowest BCUT2D eigenvalue weighted by atomic mass is 10.0. The molecule has 0 radical (unpaired) electrons. The number of hydrogen-bond donors (Lipinski definition) is 2. The van der Waals surface area contributed by atoms with E-state index in [0.717, 1.165) is 12.8 Å². The lowest BCUT2D eigenvalue weighted by molar-refractivity contribution is 0.163. The van der Waals surface area contributed by atoms with Gasteiger partial charge in [-0.05, 0) is 25.7 Å². The molecule has 1 aliphatic carbocycles. The summed E-state index contributed by atoms with van der Waals surface area (Å²) >= 11 is 0. The average Bonchev–Trinajstić information content (AvgIpc) is 2.51. The maximum atomic E-state index is 9.51. The zero-order valence-corrected chi connectivity index (χ0v) is 7.45. The maximum absolute atomic E-state index is 9.51. The van der Waals surface area contributed by atoms with Gasteiger partial charge >= 0.3 is 0 Å². The highest BCUT2D eigenvalue weighted by Crippen LogP contribution is 2.27. The zero-order chi connectivity index (χ0) is 8.97. The molecule has 0 aromatic carbocycles. The molecule has 2 unspecified atom stereocenters. The number of hydrogen-bond acceptors (Lipinski definition) is 2. The first-order chi connectivity index (χ1) is 5.70. The minimum Gasteiger partial charge on any atom is -0.381 e. The van der Waals surface area contributed by atoms with Crippen molar-refractivity contribution in [2.24, 2.45) is 5.92 Å². The fourth-order valence-electron chi connectivity index (χ4n) is 1.60. The summed E-state index contributed by atoms with van der Waals surface area (Å²) in [6.07, 6.45) is 3.42. The second kappa shape index (κ2) is 4.49. The first-order valence-corrected chi connectivity index (χ1v) is 4.57. The molecule has 0 amide bonds. The molecular weight excluding hydrogens is 152 g/mol. The molecule has 0 spiro atoms. The van der Waals surface area contributed by atoms with Gasteiger partial charge in [0.1, 0.15) is 12.2 Å². The Morgan fingerprint density at radius 3 is 2.25 bits per heavy atom. The van der Waals surface area contributed by atoms with Crippen molar-refractivity contribution >= 4 is 0 Å². The van der Waals surface area contributed by atoms with E-state index in [-0.39, 0.29) is 0 Å². The second-order valence-electron chi connectivity index (χ2n) is 3.45. The largest absolute Gasteiger partial charge is 0.381 e. The van der Waals surface area contributed by atoms with Crippen LogP contribution in [0.5, 0.6) is 0 Å². The highest BCUT2D eigenvalue weighted by molar-refractivity contribution is 5.09. The van der Waals surface area contributed by atoms with Crippen LogP contribution >= 0.6 is 0 Å². The van der Waals surface area contributed by atoms with E-state index in [1.54, 1.807) is 6.92 Å². The Morgan fingerprint density at radius 1 is 1.17 bits per heavy atom. The minimum atomic E-state index is -0.624. The number of aliphatic hydroxyl groups excluding tert-OH is 2. The molecule has 0 saturated heterocycles. The molecule has 1 rings (SSSR count). The standard InChI is InChI=1S/C10H16O2/c1-8(11)6-7-10(12)9-4-2-3-5-9/h8-12H,2-5H2,1H3. The van der Waals surface area contributed by atoms with Gasteiger partial charge in [0.2, 0.25) is 0 Å². The van der Waals surface area contributed by atoms with Crippen molar-refractivity contribution < 1.29 is 10.2 Å². The minimum absolute atomic E-state index is 0.344. The molecule has 2 nitrogen and oxygen atoms in total. The summed E-state index contributed by atoms with van der Waals surface area (Å²) in [6, 6.07) is 0. The first kappa shape index (κ1) is 9.57. The Morgan fingerprint density at radius 2 is 1.75 bits per heavy atom. The van der Waals surface area contributed by atoms with Crippen molar-refractivity contribution in [2.45, 2.75) is 44.8 Å². The van der Waals surface area contributed by atoms with Gasteiger partial charge in [-0.2, -0.15) is 0 Å². The number of aliphatic hydroxyl groups is 2. The van der Waals surface area contributed by atoms with Gasteiger partial charge in [0.15, 0.2) is 0 Å². The van der Waals surface area contributed by atoms with E-state index in [9.17, 15) is 5.11 Å². The molecule has 12 heavy (non-hydrogen) atoms. The number of rotatable bonds is 1. The van der Waals surface area contributed by atoms with Crippen molar-refractivity contribution in [1.82, 2.24) is 0 Å². The van der Waals surface area contributed by atoms with E-state index in [1.165, 1.54) is 12.8 Å². The predicted molar refractivity (Wildman–Crippen MR) is 47.4 cm³/mol. The third-order valence-electron chi connectivity index (χ3n) is 2.29. The van der Waals surface area contributed by atoms with Crippen molar-refractivity contribution in [3.63, 3.8) is 0 Å². The molecule has 1 aliphatic rings. The van der Waals surface area contributed by atoms with Crippen LogP contribution in [0.3, 0.4) is 0 Å². The fraction of sp³-hybridized carbons (Fsp3) is 0.800. The summed E-state index contributed by atoms with van der Waals surface area (Å²) in [7, 11) is 0. The van der Waals surface area contributed by atoms with Crippen LogP contribution in [0.1, 0.15) is 32.6 Å². The van der Waals surface area contributed by atoms with Crippen LogP contribution in [-0.4, -0.2) is 22.4 Å².